The number of carbonyl (C=O) groups is 1. The lowest BCUT2D eigenvalue weighted by atomic mass is 10.1. The molecular weight excluding hydrogens is 429 g/mol. The van der Waals surface area contributed by atoms with Crippen molar-refractivity contribution in [2.24, 2.45) is 5.92 Å². The Kier molecular flexibility index (Phi) is 5.72. The quantitative estimate of drug-likeness (QED) is 0.159. The lowest BCUT2D eigenvalue weighted by molar-refractivity contribution is -0.227. The zero-order valence-corrected chi connectivity index (χ0v) is 16.6. The molecule has 1 aliphatic heterocycles. The van der Waals surface area contributed by atoms with Crippen molar-refractivity contribution < 1.29 is 43.4 Å². The first kappa shape index (κ1) is 22.3. The maximum absolute atomic E-state index is 11.9. The summed E-state index contributed by atoms with van der Waals surface area (Å²) in [6.45, 7) is 2.38. The Labute approximate surface area is 167 Å². The van der Waals surface area contributed by atoms with Crippen molar-refractivity contribution in [2.45, 2.75) is 38.1 Å². The van der Waals surface area contributed by atoms with E-state index in [2.05, 4.69) is 19.5 Å². The maximum Gasteiger partial charge on any atom is 0.472 e. The fourth-order valence-corrected chi connectivity index (χ4v) is 3.47. The summed E-state index contributed by atoms with van der Waals surface area (Å²) in [6.07, 6.45) is -4.37. The minimum Gasteiger partial charge on any atom is -0.462 e. The van der Waals surface area contributed by atoms with Gasteiger partial charge in [0.15, 0.2) is 29.6 Å². The van der Waals surface area contributed by atoms with Gasteiger partial charge in [-0.1, -0.05) is 13.8 Å². The summed E-state index contributed by atoms with van der Waals surface area (Å²) >= 11 is 0. The van der Waals surface area contributed by atoms with Gasteiger partial charge in [0.2, 0.25) is 11.7 Å². The lowest BCUT2D eigenvalue weighted by Crippen LogP contribution is -2.51. The highest BCUT2D eigenvalue weighted by Gasteiger charge is 2.61. The molecule has 0 unspecified atom stereocenters. The highest BCUT2D eigenvalue weighted by atomic mass is 31.2. The Bertz CT molecular complexity index is 1060. The minimum absolute atomic E-state index is 0.140. The summed E-state index contributed by atoms with van der Waals surface area (Å²) in [6, 6.07) is 0. The number of hydrogen-bond donors (Lipinski definition) is 6. The van der Waals surface area contributed by atoms with E-state index in [0.717, 1.165) is 10.9 Å². The van der Waals surface area contributed by atoms with Crippen LogP contribution in [0.2, 0.25) is 0 Å². The number of imidazole rings is 1. The van der Waals surface area contributed by atoms with Gasteiger partial charge in [0.25, 0.3) is 5.56 Å². The molecule has 15 nitrogen and oxygen atoms in total. The molecule has 1 aliphatic rings. The van der Waals surface area contributed by atoms with Gasteiger partial charge >= 0.3 is 13.8 Å². The third kappa shape index (κ3) is 4.09. The number of phosphoric ester groups is 1. The predicted octanol–water partition coefficient (Wildman–Crippen LogP) is -2.04. The highest BCUT2D eigenvalue weighted by molar-refractivity contribution is 7.46. The Morgan fingerprint density at radius 3 is 2.77 bits per heavy atom. The molecule has 1 fully saturated rings. The molecule has 3 rings (SSSR count). The lowest BCUT2D eigenvalue weighted by Gasteiger charge is -2.30. The number of esters is 1. The Morgan fingerprint density at radius 2 is 2.17 bits per heavy atom. The van der Waals surface area contributed by atoms with Gasteiger partial charge in [0, 0.05) is 0 Å². The Morgan fingerprint density at radius 1 is 1.50 bits per heavy atom. The van der Waals surface area contributed by atoms with Gasteiger partial charge in [-0.05, 0) is 0 Å². The van der Waals surface area contributed by atoms with Crippen molar-refractivity contribution in [3.8, 4) is 0 Å². The number of nitrogen functional groups attached to an aromatic ring is 1. The first-order chi connectivity index (χ1) is 13.8. The van der Waals surface area contributed by atoms with E-state index in [-0.39, 0.29) is 17.1 Å². The van der Waals surface area contributed by atoms with Crippen molar-refractivity contribution in [2.75, 3.05) is 12.3 Å². The molecule has 166 valence electrons. The largest absolute Gasteiger partial charge is 0.472 e. The van der Waals surface area contributed by atoms with Crippen molar-refractivity contribution >= 4 is 30.9 Å². The van der Waals surface area contributed by atoms with Crippen LogP contribution in [0.5, 0.6) is 0 Å². The molecule has 3 heterocycles. The van der Waals surface area contributed by atoms with E-state index in [1.165, 1.54) is 0 Å². The molecule has 0 aliphatic carbocycles. The first-order valence-corrected chi connectivity index (χ1v) is 10.1. The van der Waals surface area contributed by atoms with Gasteiger partial charge in [-0.3, -0.25) is 19.1 Å². The van der Waals surface area contributed by atoms with Crippen LogP contribution in [-0.4, -0.2) is 70.1 Å². The molecule has 16 heteroatoms. The monoisotopic (exact) mass is 449 g/mol. The number of ether oxygens (including phenoxy) is 2. The zero-order chi connectivity index (χ0) is 22.4. The van der Waals surface area contributed by atoms with E-state index >= 15 is 0 Å². The van der Waals surface area contributed by atoms with Crippen LogP contribution in [0.25, 0.3) is 11.2 Å². The van der Waals surface area contributed by atoms with Crippen molar-refractivity contribution in [1.29, 1.82) is 0 Å². The summed E-state index contributed by atoms with van der Waals surface area (Å²) in [5.41, 5.74) is 4.51. The number of H-pyrrole nitrogens is 1. The normalized spacial score (nSPS) is 27.1. The highest BCUT2D eigenvalue weighted by Crippen LogP contribution is 2.49. The molecule has 0 amide bonds. The number of aliphatic hydroxyl groups is 2. The summed E-state index contributed by atoms with van der Waals surface area (Å²) in [4.78, 5) is 52.0. The topological polar surface area (TPSA) is 232 Å². The number of aliphatic hydroxyl groups excluding tert-OH is 1. The number of rotatable bonds is 6. The van der Waals surface area contributed by atoms with E-state index in [4.69, 9.17) is 25.0 Å². The smallest absolute Gasteiger partial charge is 0.462 e. The third-order valence-corrected chi connectivity index (χ3v) is 4.83. The van der Waals surface area contributed by atoms with Crippen LogP contribution in [0.4, 0.5) is 5.95 Å². The van der Waals surface area contributed by atoms with Gasteiger partial charge < -0.3 is 35.2 Å². The first-order valence-electron chi connectivity index (χ1n) is 8.54. The number of nitrogens with two attached hydrogens (primary N) is 1. The third-order valence-electron chi connectivity index (χ3n) is 4.30. The number of fused-ring (bicyclic) bond motifs is 1. The fourth-order valence-electron chi connectivity index (χ4n) is 2.87. The van der Waals surface area contributed by atoms with Crippen molar-refractivity contribution in [3.05, 3.63) is 16.7 Å². The standard InChI is InChI=1S/C14H20N5O10P/c1-5(2)12(22)27-3-6-14(23,29-30(24,25)26)8(20)11(28-6)19-4-16-7-9(19)17-13(15)18-10(7)21/h4-6,8,11,20,23H,3H2,1-2H3,(H2,24,25,26)(H3,15,17,18,21)/t6-,8+,11-,14-/m1/s1. The van der Waals surface area contributed by atoms with Gasteiger partial charge in [-0.2, -0.15) is 4.98 Å². The van der Waals surface area contributed by atoms with Gasteiger partial charge in [-0.25, -0.2) is 14.1 Å². The molecule has 30 heavy (non-hydrogen) atoms. The Balaban J connectivity index is 2.00. The second kappa shape index (κ2) is 7.70. The van der Waals surface area contributed by atoms with Crippen LogP contribution in [0.15, 0.2) is 11.1 Å². The van der Waals surface area contributed by atoms with Gasteiger partial charge in [0.1, 0.15) is 6.61 Å². The van der Waals surface area contributed by atoms with E-state index in [1.54, 1.807) is 13.8 Å². The molecule has 0 bridgehead atoms. The van der Waals surface area contributed by atoms with Gasteiger partial charge in [-0.15, -0.1) is 0 Å². The molecule has 0 radical (unpaired) electrons. The fraction of sp³-hybridized carbons (Fsp3) is 0.571. The summed E-state index contributed by atoms with van der Waals surface area (Å²) in [5, 5.41) is 21.3. The molecule has 0 aromatic carbocycles. The SMILES string of the molecule is CC(C)C(=O)OC[C@H]1O[C@@H](n2cnc3c(=O)[nH]c(N)nc32)[C@H](O)[C@]1(O)OP(=O)(O)O. The summed E-state index contributed by atoms with van der Waals surface area (Å²) in [5.74, 6) is -4.49. The minimum atomic E-state index is -5.33. The molecule has 2 aromatic rings. The average molecular weight is 449 g/mol. The number of nitrogens with one attached hydrogen (secondary N) is 1. The van der Waals surface area contributed by atoms with Gasteiger partial charge in [0.05, 0.1) is 12.2 Å². The van der Waals surface area contributed by atoms with Crippen LogP contribution >= 0.6 is 7.82 Å². The molecule has 2 aromatic heterocycles. The predicted molar refractivity (Wildman–Crippen MR) is 96.4 cm³/mol. The molecule has 7 N–H and O–H groups in total. The number of anilines is 1. The zero-order valence-electron chi connectivity index (χ0n) is 15.7. The number of aromatic amines is 1. The molecular formula is C14H20N5O10P. The number of nitrogens with zero attached hydrogens (tertiary/aromatic N) is 3. The Hall–Kier alpha value is -2.39. The molecule has 1 saturated heterocycles. The number of hydrogen-bond acceptors (Lipinski definition) is 11. The maximum atomic E-state index is 11.9. The number of carbonyl (C=O) groups excluding carboxylic acids is 1. The van der Waals surface area contributed by atoms with E-state index in [9.17, 15) is 24.4 Å². The van der Waals surface area contributed by atoms with Crippen molar-refractivity contribution in [3.63, 3.8) is 0 Å². The van der Waals surface area contributed by atoms with E-state index < -0.39 is 56.1 Å². The second-order valence-corrected chi connectivity index (χ2v) is 8.02. The van der Waals surface area contributed by atoms with E-state index in [1.807, 2.05) is 0 Å². The molecule has 0 saturated carbocycles. The molecule has 0 spiro atoms. The number of phosphoric acid groups is 1. The van der Waals surface area contributed by atoms with Crippen LogP contribution in [0.3, 0.4) is 0 Å². The van der Waals surface area contributed by atoms with Crippen LogP contribution in [0.1, 0.15) is 20.1 Å². The van der Waals surface area contributed by atoms with E-state index in [0.29, 0.717) is 0 Å². The second-order valence-electron chi connectivity index (χ2n) is 6.85. The van der Waals surface area contributed by atoms with Crippen molar-refractivity contribution in [1.82, 2.24) is 19.5 Å². The average Bonchev–Trinajstić information content (AvgIpc) is 3.12. The summed E-state index contributed by atoms with van der Waals surface area (Å²) < 4.78 is 27.2. The number of aromatic nitrogens is 4. The van der Waals surface area contributed by atoms with Crippen LogP contribution in [-0.2, 0) is 23.4 Å². The van der Waals surface area contributed by atoms with Crippen LogP contribution < -0.4 is 11.3 Å². The molecule has 4 atom stereocenters. The summed E-state index contributed by atoms with van der Waals surface area (Å²) in [7, 11) is -5.33. The van der Waals surface area contributed by atoms with Crippen LogP contribution in [0, 0.1) is 5.92 Å².